The Bertz CT molecular complexity index is 614. The molecule has 2 rings (SSSR count). The zero-order valence-electron chi connectivity index (χ0n) is 10.4. The maximum Gasteiger partial charge on any atom is 0.194 e. The molecule has 0 atom stereocenters. The van der Waals surface area contributed by atoms with Gasteiger partial charge in [0.15, 0.2) is 16.5 Å². The molecule has 1 aromatic heterocycles. The minimum Gasteiger partial charge on any atom is -0.493 e. The van der Waals surface area contributed by atoms with Crippen molar-refractivity contribution in [1.29, 1.82) is 5.26 Å². The molecule has 4 nitrogen and oxygen atoms in total. The quantitative estimate of drug-likeness (QED) is 0.851. The fourth-order valence-electron chi connectivity index (χ4n) is 1.71. The van der Waals surface area contributed by atoms with Gasteiger partial charge in [-0.05, 0) is 24.6 Å². The van der Waals surface area contributed by atoms with Crippen LogP contribution in [-0.4, -0.2) is 19.2 Å². The second-order valence-electron chi connectivity index (χ2n) is 3.67. The summed E-state index contributed by atoms with van der Waals surface area (Å²) in [5.41, 5.74) is 2.77. The molecule has 0 unspecified atom stereocenters. The van der Waals surface area contributed by atoms with E-state index in [4.69, 9.17) is 14.7 Å². The average Bonchev–Trinajstić information content (AvgIpc) is 2.86. The van der Waals surface area contributed by atoms with Gasteiger partial charge in [0.25, 0.3) is 0 Å². The minimum atomic E-state index is 0.458. The lowest BCUT2D eigenvalue weighted by Gasteiger charge is -2.11. The highest BCUT2D eigenvalue weighted by molar-refractivity contribution is 7.10. The molecule has 0 amide bonds. The van der Waals surface area contributed by atoms with Crippen molar-refractivity contribution in [2.75, 3.05) is 14.2 Å². The smallest absolute Gasteiger partial charge is 0.194 e. The summed E-state index contributed by atoms with van der Waals surface area (Å²) >= 11 is 1.33. The van der Waals surface area contributed by atoms with Gasteiger partial charge < -0.3 is 9.47 Å². The topological polar surface area (TPSA) is 55.1 Å². The van der Waals surface area contributed by atoms with E-state index in [0.29, 0.717) is 16.5 Å². The molecule has 0 aliphatic rings. The number of methoxy groups -OCH3 is 2. The van der Waals surface area contributed by atoms with Gasteiger partial charge in [-0.2, -0.15) is 5.26 Å². The van der Waals surface area contributed by atoms with Crippen molar-refractivity contribution in [3.8, 4) is 28.8 Å². The molecular weight excluding hydrogens is 248 g/mol. The summed E-state index contributed by atoms with van der Waals surface area (Å²) < 4.78 is 10.5. The van der Waals surface area contributed by atoms with Crippen LogP contribution in [0.15, 0.2) is 17.5 Å². The van der Waals surface area contributed by atoms with E-state index in [2.05, 4.69) is 4.98 Å². The Labute approximate surface area is 109 Å². The van der Waals surface area contributed by atoms with Crippen LogP contribution in [0.25, 0.3) is 11.3 Å². The van der Waals surface area contributed by atoms with Crippen molar-refractivity contribution < 1.29 is 9.47 Å². The zero-order valence-corrected chi connectivity index (χ0v) is 11.2. The Balaban J connectivity index is 2.54. The molecule has 92 valence electrons. The summed E-state index contributed by atoms with van der Waals surface area (Å²) in [6.45, 7) is 1.97. The van der Waals surface area contributed by atoms with E-state index in [1.165, 1.54) is 11.3 Å². The van der Waals surface area contributed by atoms with Crippen LogP contribution >= 0.6 is 11.3 Å². The number of aromatic nitrogens is 1. The van der Waals surface area contributed by atoms with Gasteiger partial charge >= 0.3 is 0 Å². The van der Waals surface area contributed by atoms with Crippen molar-refractivity contribution >= 4 is 11.3 Å². The summed E-state index contributed by atoms with van der Waals surface area (Å²) in [5, 5.41) is 11.1. The van der Waals surface area contributed by atoms with Crippen LogP contribution in [0.4, 0.5) is 0 Å². The molecule has 0 saturated carbocycles. The van der Waals surface area contributed by atoms with Crippen LogP contribution in [-0.2, 0) is 0 Å². The predicted molar refractivity (Wildman–Crippen MR) is 70.1 cm³/mol. The molecule has 0 fully saturated rings. The Morgan fingerprint density at radius 2 is 1.89 bits per heavy atom. The third-order valence-electron chi connectivity index (χ3n) is 2.61. The number of nitrogens with zero attached hydrogens (tertiary/aromatic N) is 2. The van der Waals surface area contributed by atoms with E-state index in [-0.39, 0.29) is 0 Å². The number of benzene rings is 1. The molecule has 2 aromatic rings. The first-order chi connectivity index (χ1) is 8.69. The van der Waals surface area contributed by atoms with E-state index >= 15 is 0 Å². The van der Waals surface area contributed by atoms with Gasteiger partial charge in [0.2, 0.25) is 0 Å². The molecule has 5 heteroatoms. The largest absolute Gasteiger partial charge is 0.493 e. The third-order valence-corrected chi connectivity index (χ3v) is 3.35. The van der Waals surface area contributed by atoms with Crippen molar-refractivity contribution in [2.24, 2.45) is 0 Å². The number of aryl methyl sites for hydroxylation is 1. The van der Waals surface area contributed by atoms with E-state index in [9.17, 15) is 0 Å². The van der Waals surface area contributed by atoms with Gasteiger partial charge in [-0.25, -0.2) is 4.98 Å². The summed E-state index contributed by atoms with van der Waals surface area (Å²) in [5.74, 6) is 1.35. The van der Waals surface area contributed by atoms with Crippen molar-refractivity contribution in [1.82, 2.24) is 4.98 Å². The molecular formula is C13H12N2O2S. The van der Waals surface area contributed by atoms with Crippen LogP contribution in [0.3, 0.4) is 0 Å². The molecule has 0 bridgehead atoms. The van der Waals surface area contributed by atoms with Crippen LogP contribution in [0.1, 0.15) is 10.6 Å². The molecule has 1 heterocycles. The summed E-state index contributed by atoms with van der Waals surface area (Å²) in [6, 6.07) is 5.82. The molecule has 0 spiro atoms. The summed E-state index contributed by atoms with van der Waals surface area (Å²) in [4.78, 5) is 4.25. The first kappa shape index (κ1) is 12.4. The van der Waals surface area contributed by atoms with Crippen molar-refractivity contribution in [3.63, 3.8) is 0 Å². The number of hydrogen-bond acceptors (Lipinski definition) is 5. The summed E-state index contributed by atoms with van der Waals surface area (Å²) in [6.07, 6.45) is 0. The second kappa shape index (κ2) is 5.07. The van der Waals surface area contributed by atoms with Crippen molar-refractivity contribution in [2.45, 2.75) is 6.92 Å². The second-order valence-corrected chi connectivity index (χ2v) is 4.53. The number of rotatable bonds is 3. The first-order valence-corrected chi connectivity index (χ1v) is 6.16. The maximum absolute atomic E-state index is 8.80. The molecule has 18 heavy (non-hydrogen) atoms. The fraction of sp³-hybridized carbons (Fsp3) is 0.231. The van der Waals surface area contributed by atoms with Gasteiger partial charge in [0.1, 0.15) is 6.07 Å². The Morgan fingerprint density at radius 1 is 1.22 bits per heavy atom. The first-order valence-electron chi connectivity index (χ1n) is 5.28. The number of thiazole rings is 1. The van der Waals surface area contributed by atoms with Crippen LogP contribution in [0, 0.1) is 18.3 Å². The molecule has 0 N–H and O–H groups in total. The lowest BCUT2D eigenvalue weighted by molar-refractivity contribution is 0.355. The highest BCUT2D eigenvalue weighted by Crippen LogP contribution is 2.35. The van der Waals surface area contributed by atoms with Crippen LogP contribution < -0.4 is 9.47 Å². The van der Waals surface area contributed by atoms with Crippen LogP contribution in [0.5, 0.6) is 11.5 Å². The molecule has 0 saturated heterocycles. The Kier molecular flexibility index (Phi) is 3.49. The zero-order chi connectivity index (χ0) is 13.1. The van der Waals surface area contributed by atoms with E-state index in [1.807, 2.05) is 30.5 Å². The lowest BCUT2D eigenvalue weighted by atomic mass is 10.1. The number of nitriles is 1. The van der Waals surface area contributed by atoms with E-state index in [1.54, 1.807) is 14.2 Å². The molecule has 0 aliphatic heterocycles. The highest BCUT2D eigenvalue weighted by Gasteiger charge is 2.12. The Hall–Kier alpha value is -2.06. The number of hydrogen-bond donors (Lipinski definition) is 0. The molecule has 0 radical (unpaired) electrons. The van der Waals surface area contributed by atoms with Crippen LogP contribution in [0.2, 0.25) is 0 Å². The normalized spacial score (nSPS) is 9.89. The van der Waals surface area contributed by atoms with Gasteiger partial charge in [-0.15, -0.1) is 11.3 Å². The van der Waals surface area contributed by atoms with Gasteiger partial charge in [-0.3, -0.25) is 0 Å². The monoisotopic (exact) mass is 260 g/mol. The van der Waals surface area contributed by atoms with Gasteiger partial charge in [0.05, 0.1) is 19.9 Å². The lowest BCUT2D eigenvalue weighted by Crippen LogP contribution is -1.93. The van der Waals surface area contributed by atoms with Gasteiger partial charge in [0, 0.05) is 10.9 Å². The van der Waals surface area contributed by atoms with E-state index in [0.717, 1.165) is 16.8 Å². The predicted octanol–water partition coefficient (Wildman–Crippen LogP) is 3.01. The molecule has 1 aromatic carbocycles. The fourth-order valence-corrected chi connectivity index (χ4v) is 2.31. The SMILES string of the molecule is COc1cc(C)c(-c2csc(C#N)n2)cc1OC. The maximum atomic E-state index is 8.80. The third kappa shape index (κ3) is 2.15. The van der Waals surface area contributed by atoms with E-state index < -0.39 is 0 Å². The highest BCUT2D eigenvalue weighted by atomic mass is 32.1. The minimum absolute atomic E-state index is 0.458. The van der Waals surface area contributed by atoms with Crippen molar-refractivity contribution in [3.05, 3.63) is 28.1 Å². The molecule has 0 aliphatic carbocycles. The number of ether oxygens (including phenoxy) is 2. The summed E-state index contributed by atoms with van der Waals surface area (Å²) in [7, 11) is 3.20. The standard InChI is InChI=1S/C13H12N2O2S/c1-8-4-11(16-2)12(17-3)5-9(8)10-7-18-13(6-14)15-10/h4-5,7H,1-3H3. The van der Waals surface area contributed by atoms with Gasteiger partial charge in [-0.1, -0.05) is 0 Å². The average molecular weight is 260 g/mol. The Morgan fingerprint density at radius 3 is 2.44 bits per heavy atom.